The van der Waals surface area contributed by atoms with Crippen molar-refractivity contribution >= 4 is 43.6 Å². The van der Waals surface area contributed by atoms with E-state index in [4.69, 9.17) is 44.9 Å². The van der Waals surface area contributed by atoms with Gasteiger partial charge in [-0.2, -0.15) is 10.5 Å². The van der Waals surface area contributed by atoms with Crippen molar-refractivity contribution in [2.45, 2.75) is 0 Å². The van der Waals surface area contributed by atoms with E-state index in [0.29, 0.717) is 74.8 Å². The van der Waals surface area contributed by atoms with Crippen LogP contribution in [0.15, 0.2) is 297 Å². The predicted octanol–water partition coefficient (Wildman–Crippen LogP) is 18.8. The molecule has 17 rings (SSSR count). The Morgan fingerprint density at radius 2 is 0.500 bits per heavy atom. The number of fused-ring (bicyclic) bond motifs is 6. The minimum atomic E-state index is 0.393. The van der Waals surface area contributed by atoms with E-state index in [1.807, 2.05) is 212 Å². The van der Waals surface area contributed by atoms with Gasteiger partial charge in [-0.15, -0.1) is 0 Å². The number of rotatable bonds is 12. The Balaban J connectivity index is 0.865. The summed E-state index contributed by atoms with van der Waals surface area (Å²) in [5.74, 6) is 4.62. The Kier molecular flexibility index (Phi) is 13.9. The van der Waals surface area contributed by atoms with Gasteiger partial charge in [-0.3, -0.25) is 0 Å². The molecule has 5 aromatic heterocycles. The van der Waals surface area contributed by atoms with Gasteiger partial charge in [0.2, 0.25) is 0 Å². The summed E-state index contributed by atoms with van der Waals surface area (Å²) in [7, 11) is 0. The van der Waals surface area contributed by atoms with Crippen LogP contribution in [0.2, 0.25) is 0 Å². The largest absolute Gasteiger partial charge is 0.308 e. The van der Waals surface area contributed by atoms with Crippen LogP contribution < -0.4 is 0 Å². The molecule has 0 N–H and O–H groups in total. The molecule has 0 atom stereocenters. The molecule has 5 heterocycles. The topological polar surface area (TPSA) is 173 Å². The molecule has 0 aliphatic heterocycles. The molecule has 0 aliphatic carbocycles. The molecular weight excluding hydrogens is 1180 g/mol. The highest BCUT2D eigenvalue weighted by molar-refractivity contribution is 6.12. The molecule has 0 amide bonds. The molecule has 13 heteroatoms. The molecule has 0 saturated heterocycles. The smallest absolute Gasteiger partial charge is 0.166 e. The third-order valence-electron chi connectivity index (χ3n) is 17.4. The van der Waals surface area contributed by atoms with Crippen LogP contribution in [0.1, 0.15) is 11.1 Å². The zero-order valence-corrected chi connectivity index (χ0v) is 51.1. The van der Waals surface area contributed by atoms with E-state index in [2.05, 4.69) is 106 Å². The minimum absolute atomic E-state index is 0.393. The monoisotopic (exact) mass is 1230 g/mol. The lowest BCUT2D eigenvalue weighted by Crippen LogP contribution is -2.06. The molecular formula is C83H49N13. The average molecular weight is 1230 g/mol. The first-order valence-corrected chi connectivity index (χ1v) is 31.3. The lowest BCUT2D eigenvalue weighted by atomic mass is 10.00. The van der Waals surface area contributed by atoms with Crippen molar-refractivity contribution in [3.8, 4) is 137 Å². The molecule has 12 aromatic carbocycles. The fourth-order valence-corrected chi connectivity index (χ4v) is 12.7. The summed E-state index contributed by atoms with van der Waals surface area (Å²) < 4.78 is 4.48. The summed E-state index contributed by atoms with van der Waals surface area (Å²) in [6, 6.07) is 104. The normalized spacial score (nSPS) is 11.3. The Bertz CT molecular complexity index is 5850. The molecule has 0 fully saturated rings. The zero-order valence-electron chi connectivity index (χ0n) is 51.1. The van der Waals surface area contributed by atoms with Crippen LogP contribution in [0.3, 0.4) is 0 Å². The second-order valence-corrected chi connectivity index (χ2v) is 23.2. The Labute approximate surface area is 550 Å². The van der Waals surface area contributed by atoms with E-state index < -0.39 is 0 Å². The Hall–Kier alpha value is -13.8. The molecule has 446 valence electrons. The van der Waals surface area contributed by atoms with Crippen molar-refractivity contribution in [1.82, 2.24) is 54.0 Å². The van der Waals surface area contributed by atoms with E-state index in [9.17, 15) is 10.5 Å². The van der Waals surface area contributed by atoms with Gasteiger partial charge in [0.25, 0.3) is 0 Å². The third-order valence-corrected chi connectivity index (χ3v) is 17.4. The maximum atomic E-state index is 10.7. The van der Waals surface area contributed by atoms with E-state index in [0.717, 1.165) is 105 Å². The van der Waals surface area contributed by atoms with Crippen molar-refractivity contribution < 1.29 is 0 Å². The SMILES string of the molecule is N#Cc1ccc(-c2ccc(-c3nc(-c4ccccc4)nc(-c4ccc(C#N)cc4-n4c5ccccc5c5cc(-c6nc(-c7ccccc7)nc(-c7ccccc7)n6)ccc54)n3)c(-n3c4ccccc4c4cc(-c5nc(-c6ccccc6)nc(-c6ccccc6)n5)ccc43)c2)cc1. The molecule has 0 saturated carbocycles. The summed E-state index contributed by atoms with van der Waals surface area (Å²) in [6.45, 7) is 0. The van der Waals surface area contributed by atoms with Gasteiger partial charge >= 0.3 is 0 Å². The third kappa shape index (κ3) is 10.2. The van der Waals surface area contributed by atoms with Crippen LogP contribution in [0.5, 0.6) is 0 Å². The fourth-order valence-electron chi connectivity index (χ4n) is 12.7. The number of aromatic nitrogens is 11. The van der Waals surface area contributed by atoms with E-state index in [1.54, 1.807) is 0 Å². The second-order valence-electron chi connectivity index (χ2n) is 23.2. The number of para-hydroxylation sites is 2. The highest BCUT2D eigenvalue weighted by atomic mass is 15.1. The second kappa shape index (κ2) is 23.8. The van der Waals surface area contributed by atoms with E-state index in [1.165, 1.54) is 0 Å². The fraction of sp³-hybridized carbons (Fsp3) is 0. The van der Waals surface area contributed by atoms with Gasteiger partial charge < -0.3 is 9.13 Å². The van der Waals surface area contributed by atoms with Gasteiger partial charge in [0, 0.05) is 71.6 Å². The van der Waals surface area contributed by atoms with E-state index >= 15 is 0 Å². The molecule has 96 heavy (non-hydrogen) atoms. The molecule has 0 spiro atoms. The Morgan fingerprint density at radius 1 is 0.208 bits per heavy atom. The maximum Gasteiger partial charge on any atom is 0.166 e. The predicted molar refractivity (Wildman–Crippen MR) is 379 cm³/mol. The molecule has 0 radical (unpaired) electrons. The summed E-state index contributed by atoms with van der Waals surface area (Å²) in [5, 5.41) is 24.5. The van der Waals surface area contributed by atoms with Crippen LogP contribution >= 0.6 is 0 Å². The van der Waals surface area contributed by atoms with Crippen molar-refractivity contribution in [2.75, 3.05) is 0 Å². The standard InChI is InChI=1S/C83H49N13/c84-50-52-34-37-54(38-35-52)60-39-43-66(74(49-60)96-70-33-19-17-31-64(70)68-48-62(41-45-72(68)96)81-90-77(57-24-10-3-11-25-57)87-78(91-81)58-26-12-4-13-27-58)83-93-79(59-28-14-5-15-29-59)92-82(94-83)65-42-36-53(51-85)46-73(65)95-69-32-18-16-30-63(69)67-47-61(40-44-71(67)95)80-88-75(55-20-6-1-7-21-55)86-76(89-80)56-22-8-2-9-23-56/h1-49H. The summed E-state index contributed by atoms with van der Waals surface area (Å²) in [4.78, 5) is 46.8. The zero-order chi connectivity index (χ0) is 64.1. The summed E-state index contributed by atoms with van der Waals surface area (Å²) >= 11 is 0. The van der Waals surface area contributed by atoms with Crippen LogP contribution in [0.25, 0.3) is 169 Å². The van der Waals surface area contributed by atoms with E-state index in [-0.39, 0.29) is 0 Å². The lowest BCUT2D eigenvalue weighted by Gasteiger charge is -2.18. The molecule has 13 nitrogen and oxygen atoms in total. The number of hydrogen-bond donors (Lipinski definition) is 0. The Morgan fingerprint density at radius 3 is 0.896 bits per heavy atom. The van der Waals surface area contributed by atoms with Crippen LogP contribution in [0, 0.1) is 22.7 Å². The summed E-state index contributed by atoms with van der Waals surface area (Å²) in [6.07, 6.45) is 0. The van der Waals surface area contributed by atoms with Crippen molar-refractivity contribution in [3.05, 3.63) is 308 Å². The first-order chi connectivity index (χ1) is 47.5. The first-order valence-electron chi connectivity index (χ1n) is 31.3. The molecule has 0 unspecified atom stereocenters. The van der Waals surface area contributed by atoms with Crippen molar-refractivity contribution in [1.29, 1.82) is 10.5 Å². The minimum Gasteiger partial charge on any atom is -0.308 e. The van der Waals surface area contributed by atoms with Gasteiger partial charge in [0.15, 0.2) is 52.4 Å². The number of nitrogens with zero attached hydrogens (tertiary/aromatic N) is 13. The number of benzene rings is 12. The van der Waals surface area contributed by atoms with Gasteiger partial charge in [-0.05, 0) is 102 Å². The van der Waals surface area contributed by atoms with Gasteiger partial charge in [-0.1, -0.05) is 206 Å². The van der Waals surface area contributed by atoms with Gasteiger partial charge in [-0.25, -0.2) is 44.9 Å². The van der Waals surface area contributed by atoms with Crippen LogP contribution in [-0.4, -0.2) is 54.0 Å². The number of hydrogen-bond acceptors (Lipinski definition) is 11. The maximum absolute atomic E-state index is 10.7. The molecule has 17 aromatic rings. The average Bonchev–Trinajstić information content (AvgIpc) is 1.58. The molecule has 0 bridgehead atoms. The van der Waals surface area contributed by atoms with Crippen LogP contribution in [0.4, 0.5) is 0 Å². The van der Waals surface area contributed by atoms with Gasteiger partial charge in [0.05, 0.1) is 56.7 Å². The lowest BCUT2D eigenvalue weighted by molar-refractivity contribution is 1.06. The van der Waals surface area contributed by atoms with Gasteiger partial charge in [0.1, 0.15) is 0 Å². The van der Waals surface area contributed by atoms with Crippen molar-refractivity contribution in [2.24, 2.45) is 0 Å². The highest BCUT2D eigenvalue weighted by Gasteiger charge is 2.25. The highest BCUT2D eigenvalue weighted by Crippen LogP contribution is 2.43. The van der Waals surface area contributed by atoms with Crippen LogP contribution in [-0.2, 0) is 0 Å². The first kappa shape index (κ1) is 56.2. The van der Waals surface area contributed by atoms with Crippen molar-refractivity contribution in [3.63, 3.8) is 0 Å². The summed E-state index contributed by atoms with van der Waals surface area (Å²) in [5.41, 5.74) is 15.3. The number of nitriles is 2. The quantitative estimate of drug-likeness (QED) is 0.114. The molecule has 0 aliphatic rings.